The van der Waals surface area contributed by atoms with Crippen molar-refractivity contribution < 1.29 is 9.53 Å². The predicted octanol–water partition coefficient (Wildman–Crippen LogP) is 2.21. The summed E-state index contributed by atoms with van der Waals surface area (Å²) in [5.41, 5.74) is 6.92. The molecule has 0 heterocycles. The minimum Gasteiger partial charge on any atom is -0.492 e. The molecule has 0 fully saturated rings. The Morgan fingerprint density at radius 1 is 1.30 bits per heavy atom. The van der Waals surface area contributed by atoms with Gasteiger partial charge in [0, 0.05) is 7.05 Å². The molecule has 1 rings (SSSR count). The van der Waals surface area contributed by atoms with Crippen LogP contribution in [0.25, 0.3) is 0 Å². The van der Waals surface area contributed by atoms with Crippen LogP contribution in [0.2, 0.25) is 0 Å². The van der Waals surface area contributed by atoms with Gasteiger partial charge < -0.3 is 15.4 Å². The van der Waals surface area contributed by atoms with E-state index in [0.717, 1.165) is 5.75 Å². The average molecular weight is 278 g/mol. The van der Waals surface area contributed by atoms with E-state index in [9.17, 15) is 4.79 Å². The summed E-state index contributed by atoms with van der Waals surface area (Å²) in [5.74, 6) is 0.765. The molecule has 1 aromatic rings. The molecule has 0 aromatic heterocycles. The smallest absolute Gasteiger partial charge is 0.239 e. The van der Waals surface area contributed by atoms with Gasteiger partial charge in [0.1, 0.15) is 12.4 Å². The average Bonchev–Trinajstić information content (AvgIpc) is 2.38. The molecule has 0 aliphatic carbocycles. The van der Waals surface area contributed by atoms with Crippen molar-refractivity contribution in [3.05, 3.63) is 29.8 Å². The number of benzene rings is 1. The molecule has 0 unspecified atom stereocenters. The second-order valence-corrected chi connectivity index (χ2v) is 6.27. The molecule has 1 amide bonds. The predicted molar refractivity (Wildman–Crippen MR) is 81.7 cm³/mol. The molecule has 0 aliphatic heterocycles. The maximum atomic E-state index is 12.1. The maximum Gasteiger partial charge on any atom is 0.239 e. The molecule has 0 saturated carbocycles. The number of hydrogen-bond acceptors (Lipinski definition) is 3. The first-order chi connectivity index (χ1) is 9.21. The van der Waals surface area contributed by atoms with E-state index in [2.05, 4.69) is 0 Å². The van der Waals surface area contributed by atoms with Crippen LogP contribution in [-0.2, 0) is 4.79 Å². The van der Waals surface area contributed by atoms with Crippen molar-refractivity contribution in [2.45, 2.75) is 33.7 Å². The van der Waals surface area contributed by atoms with E-state index in [4.69, 9.17) is 10.5 Å². The van der Waals surface area contributed by atoms with Crippen molar-refractivity contribution >= 4 is 5.91 Å². The number of ether oxygens (including phenoxy) is 1. The van der Waals surface area contributed by atoms with Crippen LogP contribution in [0.15, 0.2) is 24.3 Å². The van der Waals surface area contributed by atoms with Crippen molar-refractivity contribution in [2.75, 3.05) is 20.2 Å². The second kappa shape index (κ2) is 6.75. The summed E-state index contributed by atoms with van der Waals surface area (Å²) in [7, 11) is 1.76. The number of aryl methyl sites for hydroxylation is 1. The first-order valence-corrected chi connectivity index (χ1v) is 6.92. The highest BCUT2D eigenvalue weighted by molar-refractivity contribution is 5.82. The Labute approximate surface area is 121 Å². The van der Waals surface area contributed by atoms with Gasteiger partial charge in [0.2, 0.25) is 5.91 Å². The highest BCUT2D eigenvalue weighted by atomic mass is 16.5. The third-order valence-corrected chi connectivity index (χ3v) is 3.29. The van der Waals surface area contributed by atoms with Gasteiger partial charge in [0.15, 0.2) is 0 Å². The fourth-order valence-electron chi connectivity index (χ4n) is 1.65. The SMILES string of the molecule is Cc1ccc(OCCN(C)C(=O)[C@H](N)C(C)(C)C)cc1. The largest absolute Gasteiger partial charge is 0.492 e. The van der Waals surface area contributed by atoms with E-state index in [1.165, 1.54) is 5.56 Å². The number of likely N-dealkylation sites (N-methyl/N-ethyl adjacent to an activating group) is 1. The van der Waals surface area contributed by atoms with E-state index in [1.807, 2.05) is 52.0 Å². The molecule has 1 aromatic carbocycles. The quantitative estimate of drug-likeness (QED) is 0.898. The van der Waals surface area contributed by atoms with Crippen LogP contribution < -0.4 is 10.5 Å². The first-order valence-electron chi connectivity index (χ1n) is 6.92. The van der Waals surface area contributed by atoms with Crippen molar-refractivity contribution in [2.24, 2.45) is 11.1 Å². The number of carbonyl (C=O) groups excluding carboxylic acids is 1. The van der Waals surface area contributed by atoms with Gasteiger partial charge >= 0.3 is 0 Å². The fraction of sp³-hybridized carbons (Fsp3) is 0.562. The number of rotatable bonds is 5. The lowest BCUT2D eigenvalue weighted by atomic mass is 9.86. The molecule has 1 atom stereocenters. The number of amides is 1. The minimum absolute atomic E-state index is 0.0509. The van der Waals surface area contributed by atoms with Gasteiger partial charge in [-0.25, -0.2) is 0 Å². The highest BCUT2D eigenvalue weighted by Gasteiger charge is 2.29. The zero-order valence-corrected chi connectivity index (χ0v) is 13.1. The minimum atomic E-state index is -0.494. The Morgan fingerprint density at radius 3 is 2.35 bits per heavy atom. The molecular weight excluding hydrogens is 252 g/mol. The van der Waals surface area contributed by atoms with Crippen molar-refractivity contribution in [1.29, 1.82) is 0 Å². The Kier molecular flexibility index (Phi) is 5.57. The van der Waals surface area contributed by atoms with E-state index in [1.54, 1.807) is 11.9 Å². The monoisotopic (exact) mass is 278 g/mol. The lowest BCUT2D eigenvalue weighted by molar-refractivity contribution is -0.133. The van der Waals surface area contributed by atoms with Crippen LogP contribution >= 0.6 is 0 Å². The molecule has 0 aliphatic rings. The van der Waals surface area contributed by atoms with Gasteiger partial charge in [-0.3, -0.25) is 4.79 Å². The normalized spacial score (nSPS) is 12.9. The van der Waals surface area contributed by atoms with Gasteiger partial charge in [-0.05, 0) is 24.5 Å². The summed E-state index contributed by atoms with van der Waals surface area (Å²) < 4.78 is 5.61. The summed E-state index contributed by atoms with van der Waals surface area (Å²) in [4.78, 5) is 13.8. The standard InChI is InChI=1S/C16H26N2O2/c1-12-6-8-13(9-7-12)20-11-10-18(5)15(19)14(17)16(2,3)4/h6-9,14H,10-11,17H2,1-5H3/t14-/m0/s1. The van der Waals surface area contributed by atoms with Gasteiger partial charge in [-0.2, -0.15) is 0 Å². The molecule has 20 heavy (non-hydrogen) atoms. The van der Waals surface area contributed by atoms with Crippen LogP contribution in [0, 0.1) is 12.3 Å². The Morgan fingerprint density at radius 2 is 1.85 bits per heavy atom. The lowest BCUT2D eigenvalue weighted by Gasteiger charge is -2.29. The zero-order valence-electron chi connectivity index (χ0n) is 13.1. The summed E-state index contributed by atoms with van der Waals surface area (Å²) in [6, 6.07) is 7.36. The second-order valence-electron chi connectivity index (χ2n) is 6.27. The number of nitrogens with zero attached hydrogens (tertiary/aromatic N) is 1. The molecule has 0 spiro atoms. The summed E-state index contributed by atoms with van der Waals surface area (Å²) in [6.07, 6.45) is 0. The third kappa shape index (κ3) is 4.85. The Balaban J connectivity index is 2.41. The van der Waals surface area contributed by atoms with E-state index >= 15 is 0 Å². The number of carbonyl (C=O) groups is 1. The lowest BCUT2D eigenvalue weighted by Crippen LogP contribution is -2.49. The van der Waals surface area contributed by atoms with Gasteiger partial charge in [0.25, 0.3) is 0 Å². The van der Waals surface area contributed by atoms with Crippen LogP contribution in [0.5, 0.6) is 5.75 Å². The fourth-order valence-corrected chi connectivity index (χ4v) is 1.65. The van der Waals surface area contributed by atoms with E-state index in [0.29, 0.717) is 13.2 Å². The molecule has 112 valence electrons. The molecule has 0 saturated heterocycles. The van der Waals surface area contributed by atoms with Crippen LogP contribution in [0.1, 0.15) is 26.3 Å². The van der Waals surface area contributed by atoms with Gasteiger partial charge in [-0.15, -0.1) is 0 Å². The molecule has 0 radical (unpaired) electrons. The van der Waals surface area contributed by atoms with Crippen molar-refractivity contribution in [1.82, 2.24) is 4.90 Å². The van der Waals surface area contributed by atoms with Crippen LogP contribution in [0.4, 0.5) is 0 Å². The molecule has 4 heteroatoms. The first kappa shape index (κ1) is 16.5. The van der Waals surface area contributed by atoms with E-state index < -0.39 is 6.04 Å². The Bertz CT molecular complexity index is 435. The van der Waals surface area contributed by atoms with Crippen LogP contribution in [-0.4, -0.2) is 37.0 Å². The Hall–Kier alpha value is -1.55. The van der Waals surface area contributed by atoms with E-state index in [-0.39, 0.29) is 11.3 Å². The molecule has 4 nitrogen and oxygen atoms in total. The topological polar surface area (TPSA) is 55.6 Å². The third-order valence-electron chi connectivity index (χ3n) is 3.29. The van der Waals surface area contributed by atoms with Crippen LogP contribution in [0.3, 0.4) is 0 Å². The molecule has 2 N–H and O–H groups in total. The summed E-state index contributed by atoms with van der Waals surface area (Å²) in [6.45, 7) is 8.91. The van der Waals surface area contributed by atoms with Crippen molar-refractivity contribution in [3.63, 3.8) is 0 Å². The zero-order chi connectivity index (χ0) is 15.3. The summed E-state index contributed by atoms with van der Waals surface area (Å²) in [5, 5.41) is 0. The van der Waals surface area contributed by atoms with Gasteiger partial charge in [-0.1, -0.05) is 38.5 Å². The number of nitrogens with two attached hydrogens (primary N) is 1. The van der Waals surface area contributed by atoms with Gasteiger partial charge in [0.05, 0.1) is 12.6 Å². The molecule has 0 bridgehead atoms. The number of hydrogen-bond donors (Lipinski definition) is 1. The maximum absolute atomic E-state index is 12.1. The highest BCUT2D eigenvalue weighted by Crippen LogP contribution is 2.18. The summed E-state index contributed by atoms with van der Waals surface area (Å²) >= 11 is 0. The molecular formula is C16H26N2O2. The van der Waals surface area contributed by atoms with Crippen molar-refractivity contribution in [3.8, 4) is 5.75 Å².